The molecule has 0 saturated heterocycles. The molecule has 6 heteroatoms. The quantitative estimate of drug-likeness (QED) is 0.187. The number of rotatable bonds is 3. The van der Waals surface area contributed by atoms with Crippen molar-refractivity contribution < 1.29 is 25.6 Å². The van der Waals surface area contributed by atoms with E-state index in [1.54, 1.807) is 0 Å². The van der Waals surface area contributed by atoms with Crippen LogP contribution in [0.2, 0.25) is 0 Å². The van der Waals surface area contributed by atoms with Crippen LogP contribution in [0.25, 0.3) is 60.8 Å². The van der Waals surface area contributed by atoms with Crippen LogP contribution < -0.4 is 4.57 Å². The Labute approximate surface area is 239 Å². The fourth-order valence-corrected chi connectivity index (χ4v) is 5.83. The van der Waals surface area contributed by atoms with Gasteiger partial charge in [-0.2, -0.15) is 0 Å². The summed E-state index contributed by atoms with van der Waals surface area (Å²) in [4.78, 5) is 4.71. The number of benzene rings is 4. The Balaban J connectivity index is 0.00000253. The van der Waals surface area contributed by atoms with Crippen molar-refractivity contribution in [1.29, 1.82) is 0 Å². The van der Waals surface area contributed by atoms with Crippen LogP contribution >= 0.6 is 0 Å². The summed E-state index contributed by atoms with van der Waals surface area (Å²) in [7, 11) is 2.04. The topological polar surface area (TPSA) is 31.6 Å². The Morgan fingerprint density at radius 3 is 1.85 bits per heavy atom. The molecule has 0 aliphatic heterocycles. The second-order valence-corrected chi connectivity index (χ2v) is 9.78. The molecule has 5 nitrogen and oxygen atoms in total. The van der Waals surface area contributed by atoms with E-state index in [0.29, 0.717) is 0 Å². The number of aromatic nitrogens is 5. The molecule has 0 bridgehead atoms. The van der Waals surface area contributed by atoms with Crippen LogP contribution in [0.4, 0.5) is 0 Å². The maximum absolute atomic E-state index is 4.71. The average molecular weight is 686 g/mol. The van der Waals surface area contributed by atoms with Gasteiger partial charge in [-0.25, -0.2) is 14.1 Å². The largest absolute Gasteiger partial charge is 2.00 e. The van der Waals surface area contributed by atoms with Crippen LogP contribution in [0, 0.1) is 0 Å². The standard InChI is InChI=1S/C33H24N5.Pt/c1-35-18-19-36(22-35)23-13-15-27-25-8-2-4-10-29(25)37(31(27)20-23)24-14-16-28-26-9-3-5-11-30(26)38(32(28)21-24)33-12-6-7-17-34-33;/h2-22H,1H3;/q+1;+2. The number of aryl methyl sites for hydroxylation is 1. The van der Waals surface area contributed by atoms with Crippen LogP contribution in [0.15, 0.2) is 128 Å². The number of para-hydroxylation sites is 2. The van der Waals surface area contributed by atoms with Crippen molar-refractivity contribution in [2.45, 2.75) is 0 Å². The average Bonchev–Trinajstić information content (AvgIpc) is 3.64. The normalized spacial score (nSPS) is 11.5. The van der Waals surface area contributed by atoms with Gasteiger partial charge in [-0.1, -0.05) is 48.5 Å². The molecule has 8 aromatic rings. The molecule has 4 heterocycles. The van der Waals surface area contributed by atoms with Crippen molar-refractivity contribution in [1.82, 2.24) is 18.7 Å². The zero-order valence-electron chi connectivity index (χ0n) is 21.2. The number of pyridine rings is 1. The zero-order valence-corrected chi connectivity index (χ0v) is 23.4. The van der Waals surface area contributed by atoms with Crippen molar-refractivity contribution in [3.05, 3.63) is 128 Å². The summed E-state index contributed by atoms with van der Waals surface area (Å²) in [6, 6.07) is 36.8. The fourth-order valence-electron chi connectivity index (χ4n) is 5.83. The number of nitrogens with zero attached hydrogens (tertiary/aromatic N) is 5. The van der Waals surface area contributed by atoms with Crippen molar-refractivity contribution in [3.8, 4) is 17.2 Å². The minimum Gasteiger partial charge on any atom is -0.309 e. The Kier molecular flexibility index (Phi) is 5.50. The first-order chi connectivity index (χ1) is 18.8. The molecule has 0 spiro atoms. The van der Waals surface area contributed by atoms with Crippen molar-refractivity contribution in [2.75, 3.05) is 0 Å². The van der Waals surface area contributed by atoms with Crippen molar-refractivity contribution in [3.63, 3.8) is 0 Å². The third kappa shape index (κ3) is 3.58. The maximum atomic E-state index is 4.71. The molecule has 0 aliphatic rings. The Morgan fingerprint density at radius 2 is 1.18 bits per heavy atom. The van der Waals surface area contributed by atoms with Crippen LogP contribution in [-0.2, 0) is 28.1 Å². The molecule has 0 amide bonds. The van der Waals surface area contributed by atoms with E-state index in [1.165, 1.54) is 32.6 Å². The molecule has 39 heavy (non-hydrogen) atoms. The number of hydrogen-bond acceptors (Lipinski definition) is 1. The predicted molar refractivity (Wildman–Crippen MR) is 153 cm³/mol. The molecule has 0 fully saturated rings. The predicted octanol–water partition coefficient (Wildman–Crippen LogP) is 6.89. The van der Waals surface area contributed by atoms with E-state index in [9.17, 15) is 0 Å². The first-order valence-electron chi connectivity index (χ1n) is 12.8. The van der Waals surface area contributed by atoms with E-state index in [-0.39, 0.29) is 21.1 Å². The summed E-state index contributed by atoms with van der Waals surface area (Å²) in [5.41, 5.74) is 6.92. The minimum absolute atomic E-state index is 0. The van der Waals surface area contributed by atoms with Gasteiger partial charge < -0.3 is 4.57 Å². The van der Waals surface area contributed by atoms with Crippen LogP contribution in [-0.4, -0.2) is 18.7 Å². The van der Waals surface area contributed by atoms with E-state index in [1.807, 2.05) is 25.4 Å². The molecule has 0 atom stereocenters. The summed E-state index contributed by atoms with van der Waals surface area (Å²) in [5.74, 6) is 0.917. The molecule has 188 valence electrons. The van der Waals surface area contributed by atoms with Crippen molar-refractivity contribution >= 4 is 43.6 Å². The van der Waals surface area contributed by atoms with Gasteiger partial charge >= 0.3 is 21.1 Å². The fraction of sp³-hybridized carbons (Fsp3) is 0.0303. The van der Waals surface area contributed by atoms with Gasteiger partial charge in [0, 0.05) is 39.5 Å². The molecule has 8 rings (SSSR count). The van der Waals surface area contributed by atoms with Gasteiger partial charge in [-0.3, -0.25) is 4.57 Å². The third-order valence-corrected chi connectivity index (χ3v) is 7.52. The summed E-state index contributed by atoms with van der Waals surface area (Å²) in [6.45, 7) is 0. The number of hydrogen-bond donors (Lipinski definition) is 0. The van der Waals surface area contributed by atoms with E-state index < -0.39 is 0 Å². The third-order valence-electron chi connectivity index (χ3n) is 7.52. The molecular formula is C33H24N5Pt+3. The second kappa shape index (κ2) is 9.07. The van der Waals surface area contributed by atoms with Gasteiger partial charge in [0.05, 0.1) is 29.1 Å². The number of fused-ring (bicyclic) bond motifs is 6. The van der Waals surface area contributed by atoms with Gasteiger partial charge in [0.2, 0.25) is 6.33 Å². The van der Waals surface area contributed by atoms with E-state index in [2.05, 4.69) is 128 Å². The summed E-state index contributed by atoms with van der Waals surface area (Å²) in [5, 5.41) is 4.93. The van der Waals surface area contributed by atoms with Gasteiger partial charge in [0.15, 0.2) is 0 Å². The molecule has 0 radical (unpaired) electrons. The second-order valence-electron chi connectivity index (χ2n) is 9.78. The molecule has 0 aliphatic carbocycles. The van der Waals surface area contributed by atoms with Crippen LogP contribution in [0.5, 0.6) is 0 Å². The maximum Gasteiger partial charge on any atom is 2.00 e. The Bertz CT molecular complexity index is 2150. The van der Waals surface area contributed by atoms with E-state index in [4.69, 9.17) is 4.98 Å². The smallest absolute Gasteiger partial charge is 0.309 e. The van der Waals surface area contributed by atoms with Gasteiger partial charge in [-0.05, 0) is 48.5 Å². The van der Waals surface area contributed by atoms with Gasteiger partial charge in [0.25, 0.3) is 0 Å². The van der Waals surface area contributed by atoms with Crippen molar-refractivity contribution in [2.24, 2.45) is 7.05 Å². The summed E-state index contributed by atoms with van der Waals surface area (Å²) < 4.78 is 8.87. The summed E-state index contributed by atoms with van der Waals surface area (Å²) >= 11 is 0. The molecular weight excluding hydrogens is 661 g/mol. The summed E-state index contributed by atoms with van der Waals surface area (Å²) in [6.07, 6.45) is 8.09. The SMILES string of the molecule is C[n+]1ccn(-c2ccc3c4ccccc4n(-c4ccc5c6ccccc6n(-c6ccccn6)c5c4)c3c2)c1.[Pt+2]. The first-order valence-corrected chi connectivity index (χ1v) is 12.8. The monoisotopic (exact) mass is 685 g/mol. The van der Waals surface area contributed by atoms with Crippen LogP contribution in [0.1, 0.15) is 0 Å². The van der Waals surface area contributed by atoms with E-state index >= 15 is 0 Å². The Hall–Kier alpha value is -4.47. The first kappa shape index (κ1) is 23.6. The van der Waals surface area contributed by atoms with Crippen LogP contribution in [0.3, 0.4) is 0 Å². The molecule has 0 unspecified atom stereocenters. The molecule has 0 N–H and O–H groups in total. The number of imidazole rings is 1. The molecule has 4 aromatic heterocycles. The van der Waals surface area contributed by atoms with Gasteiger partial charge in [-0.15, -0.1) is 0 Å². The Morgan fingerprint density at radius 1 is 0.590 bits per heavy atom. The molecule has 4 aromatic carbocycles. The zero-order chi connectivity index (χ0) is 25.2. The molecule has 0 saturated carbocycles. The van der Waals surface area contributed by atoms with E-state index in [0.717, 1.165) is 28.2 Å². The van der Waals surface area contributed by atoms with Gasteiger partial charge in [0.1, 0.15) is 23.9 Å². The minimum atomic E-state index is 0.